The molecule has 1 aliphatic rings. The first-order chi connectivity index (χ1) is 6.86. The number of hydrogen-bond donors (Lipinski definition) is 0. The fourth-order valence-corrected chi connectivity index (χ4v) is 2.55. The summed E-state index contributed by atoms with van der Waals surface area (Å²) < 4.78 is 1.33. The van der Waals surface area contributed by atoms with Crippen LogP contribution in [-0.4, -0.2) is 16.3 Å². The van der Waals surface area contributed by atoms with Gasteiger partial charge in [-0.25, -0.2) is 0 Å². The van der Waals surface area contributed by atoms with Crippen LogP contribution >= 0.6 is 0 Å². The molecule has 0 aromatic heterocycles. The Balaban J connectivity index is 0.000000640. The zero-order valence-electron chi connectivity index (χ0n) is 8.58. The maximum atomic E-state index is 2.82. The van der Waals surface area contributed by atoms with Crippen LogP contribution in [0.4, 0.5) is 0 Å². The minimum Gasteiger partial charge on any atom is -1.00 e. The second kappa shape index (κ2) is 5.26. The maximum Gasteiger partial charge on any atom is -1.00 e. The molecule has 1 aliphatic carbocycles. The van der Waals surface area contributed by atoms with Crippen LogP contribution in [0.15, 0.2) is 42.5 Å². The van der Waals surface area contributed by atoms with Gasteiger partial charge >= 0.3 is 91.9 Å². The fourth-order valence-electron chi connectivity index (χ4n) is 2.18. The molecular weight excluding hydrogens is 254 g/mol. The van der Waals surface area contributed by atoms with E-state index in [1.807, 2.05) is 0 Å². The molecule has 2 aromatic carbocycles. The molecule has 0 fully saturated rings. The van der Waals surface area contributed by atoms with Crippen molar-refractivity contribution in [3.05, 3.63) is 53.6 Å². The molecular formula is C13H9AlCl2. The van der Waals surface area contributed by atoms with Crippen molar-refractivity contribution < 1.29 is 24.8 Å². The molecule has 0 spiro atoms. The summed E-state index contributed by atoms with van der Waals surface area (Å²) in [5, 5.41) is 0. The van der Waals surface area contributed by atoms with Crippen LogP contribution in [0.2, 0.25) is 0 Å². The molecule has 0 heterocycles. The van der Waals surface area contributed by atoms with E-state index >= 15 is 0 Å². The largest absolute Gasteiger partial charge is 1.00 e. The summed E-state index contributed by atoms with van der Waals surface area (Å²) in [4.78, 5) is 0. The predicted molar refractivity (Wildman–Crippen MR) is 60.1 cm³/mol. The predicted octanol–water partition coefficient (Wildman–Crippen LogP) is -3.94. The van der Waals surface area contributed by atoms with E-state index in [4.69, 9.17) is 0 Å². The molecule has 2 aromatic rings. The van der Waals surface area contributed by atoms with Gasteiger partial charge in [0, 0.05) is 0 Å². The number of halogens is 2. The SMILES string of the molecule is [Al+2][c]1cccc2c1Cc1ccccc1-2.[Cl-].[Cl-]. The van der Waals surface area contributed by atoms with Gasteiger partial charge in [0.1, 0.15) is 0 Å². The van der Waals surface area contributed by atoms with Gasteiger partial charge in [-0.15, -0.1) is 0 Å². The van der Waals surface area contributed by atoms with Crippen LogP contribution < -0.4 is 29.2 Å². The van der Waals surface area contributed by atoms with Crippen LogP contribution in [0, 0.1) is 0 Å². The first-order valence-electron chi connectivity index (χ1n) is 4.82. The summed E-state index contributed by atoms with van der Waals surface area (Å²) in [5.41, 5.74) is 5.75. The number of benzene rings is 2. The molecule has 3 heteroatoms. The van der Waals surface area contributed by atoms with Crippen molar-refractivity contribution in [2.75, 3.05) is 0 Å². The van der Waals surface area contributed by atoms with E-state index in [1.54, 1.807) is 0 Å². The van der Waals surface area contributed by atoms with Crippen LogP contribution in [0.5, 0.6) is 0 Å². The first kappa shape index (κ1) is 13.6. The molecule has 3 rings (SSSR count). The Kier molecular flexibility index (Phi) is 4.47. The molecule has 0 saturated heterocycles. The minimum absolute atomic E-state index is 0. The standard InChI is InChI=1S/C13H9.Al.2ClH/c1-3-7-12-10(5-1)9-11-6-2-4-8-13(11)12;;;/h1-5,7-8H,9H2;;2*1H/q;+2;;/p-2. The van der Waals surface area contributed by atoms with E-state index in [0.717, 1.165) is 6.42 Å². The Morgan fingerprint density at radius 1 is 0.812 bits per heavy atom. The van der Waals surface area contributed by atoms with Gasteiger partial charge in [-0.05, 0) is 0 Å². The van der Waals surface area contributed by atoms with E-state index < -0.39 is 0 Å². The summed E-state index contributed by atoms with van der Waals surface area (Å²) in [6.45, 7) is 0. The molecule has 0 nitrogen and oxygen atoms in total. The Hall–Kier alpha value is -0.448. The number of hydrogen-bond acceptors (Lipinski definition) is 0. The third-order valence-electron chi connectivity index (χ3n) is 2.89. The zero-order chi connectivity index (χ0) is 9.54. The summed E-state index contributed by atoms with van der Waals surface area (Å²) in [6, 6.07) is 15.2. The van der Waals surface area contributed by atoms with Crippen molar-refractivity contribution in [1.82, 2.24) is 0 Å². The van der Waals surface area contributed by atoms with Crippen LogP contribution in [-0.2, 0) is 6.42 Å². The van der Waals surface area contributed by atoms with Gasteiger partial charge in [-0.1, -0.05) is 0 Å². The van der Waals surface area contributed by atoms with E-state index in [-0.39, 0.29) is 24.8 Å². The quantitative estimate of drug-likeness (QED) is 0.363. The maximum absolute atomic E-state index is 2.82. The Morgan fingerprint density at radius 2 is 1.50 bits per heavy atom. The summed E-state index contributed by atoms with van der Waals surface area (Å²) in [5.74, 6) is 0. The zero-order valence-corrected chi connectivity index (χ0v) is 11.2. The van der Waals surface area contributed by atoms with Crippen molar-refractivity contribution >= 4 is 20.7 Å². The molecule has 0 amide bonds. The molecule has 0 atom stereocenters. The van der Waals surface area contributed by atoms with E-state index in [0.29, 0.717) is 0 Å². The van der Waals surface area contributed by atoms with E-state index in [2.05, 4.69) is 58.8 Å². The Bertz CT molecular complexity index is 509. The van der Waals surface area contributed by atoms with E-state index in [1.165, 1.54) is 26.7 Å². The van der Waals surface area contributed by atoms with Crippen LogP contribution in [0.25, 0.3) is 11.1 Å². The van der Waals surface area contributed by atoms with Crippen LogP contribution in [0.3, 0.4) is 0 Å². The van der Waals surface area contributed by atoms with Gasteiger partial charge in [0.15, 0.2) is 0 Å². The molecule has 0 radical (unpaired) electrons. The Morgan fingerprint density at radius 3 is 2.31 bits per heavy atom. The van der Waals surface area contributed by atoms with Gasteiger partial charge < -0.3 is 24.8 Å². The number of rotatable bonds is 0. The molecule has 0 unspecified atom stereocenters. The van der Waals surface area contributed by atoms with Gasteiger partial charge in [-0.2, -0.15) is 0 Å². The van der Waals surface area contributed by atoms with Crippen molar-refractivity contribution in [2.24, 2.45) is 0 Å². The average molecular weight is 263 g/mol. The molecule has 0 bridgehead atoms. The molecule has 78 valence electrons. The van der Waals surface area contributed by atoms with Gasteiger partial charge in [0.25, 0.3) is 0 Å². The summed E-state index contributed by atoms with van der Waals surface area (Å²) in [7, 11) is 0. The van der Waals surface area contributed by atoms with Crippen molar-refractivity contribution in [3.63, 3.8) is 0 Å². The van der Waals surface area contributed by atoms with Crippen LogP contribution in [0.1, 0.15) is 11.1 Å². The molecule has 0 saturated carbocycles. The smallest absolute Gasteiger partial charge is 1.00 e. The van der Waals surface area contributed by atoms with Gasteiger partial charge in [-0.3, -0.25) is 0 Å². The van der Waals surface area contributed by atoms with Crippen molar-refractivity contribution in [2.45, 2.75) is 6.42 Å². The van der Waals surface area contributed by atoms with Gasteiger partial charge in [0.05, 0.1) is 0 Å². The Labute approximate surface area is 116 Å². The topological polar surface area (TPSA) is 0 Å². The summed E-state index contributed by atoms with van der Waals surface area (Å²) >= 11 is 2.82. The second-order valence-corrected chi connectivity index (χ2v) is 4.33. The molecule has 0 aliphatic heterocycles. The minimum atomic E-state index is 0. The van der Waals surface area contributed by atoms with E-state index in [9.17, 15) is 0 Å². The third-order valence-corrected chi connectivity index (χ3v) is 3.43. The molecule has 0 N–H and O–H groups in total. The first-order valence-corrected chi connectivity index (χ1v) is 5.39. The van der Waals surface area contributed by atoms with Crippen molar-refractivity contribution in [3.8, 4) is 11.1 Å². The summed E-state index contributed by atoms with van der Waals surface area (Å²) in [6.07, 6.45) is 1.09. The number of fused-ring (bicyclic) bond motifs is 3. The monoisotopic (exact) mass is 262 g/mol. The normalized spacial score (nSPS) is 10.9. The van der Waals surface area contributed by atoms with Gasteiger partial charge in [0.2, 0.25) is 0 Å². The molecule has 16 heavy (non-hydrogen) atoms. The second-order valence-electron chi connectivity index (χ2n) is 3.71. The fraction of sp³-hybridized carbons (Fsp3) is 0.0769. The van der Waals surface area contributed by atoms with Crippen molar-refractivity contribution in [1.29, 1.82) is 0 Å². The average Bonchev–Trinajstić information content (AvgIpc) is 2.59. The third kappa shape index (κ3) is 2.02.